The molecule has 0 bridgehead atoms. The molecule has 0 radical (unpaired) electrons. The van der Waals surface area contributed by atoms with Crippen LogP contribution in [0.3, 0.4) is 0 Å². The van der Waals surface area contributed by atoms with Crippen LogP contribution in [0.1, 0.15) is 35.7 Å². The lowest BCUT2D eigenvalue weighted by atomic mass is 9.77. The molecule has 3 rings (SSSR count). The number of fused-ring (bicyclic) bond motifs is 1. The molecule has 2 N–H and O–H groups in total. The number of H-pyrrole nitrogens is 1. The van der Waals surface area contributed by atoms with Gasteiger partial charge in [0, 0.05) is 24.7 Å². The number of hydrogen-bond acceptors (Lipinski definition) is 2. The summed E-state index contributed by atoms with van der Waals surface area (Å²) in [4.78, 5) is 0. The molecule has 2 aromatic rings. The maximum absolute atomic E-state index is 3.98. The Labute approximate surface area is 101 Å². The average molecular weight is 227 g/mol. The van der Waals surface area contributed by atoms with E-state index in [9.17, 15) is 0 Å². The van der Waals surface area contributed by atoms with Crippen LogP contribution in [0, 0.1) is 0 Å². The van der Waals surface area contributed by atoms with E-state index < -0.39 is 0 Å². The third-order valence-corrected chi connectivity index (χ3v) is 3.62. The van der Waals surface area contributed by atoms with Gasteiger partial charge in [0.25, 0.3) is 0 Å². The van der Waals surface area contributed by atoms with Gasteiger partial charge in [0.05, 0.1) is 5.69 Å². The van der Waals surface area contributed by atoms with Gasteiger partial charge in [-0.05, 0) is 30.5 Å². The fourth-order valence-electron chi connectivity index (χ4n) is 2.48. The van der Waals surface area contributed by atoms with E-state index in [0.717, 1.165) is 12.2 Å². The minimum atomic E-state index is 0.338. The largest absolute Gasteiger partial charge is 0.308 e. The molecule has 1 aliphatic rings. The van der Waals surface area contributed by atoms with Gasteiger partial charge in [-0.1, -0.05) is 24.3 Å². The van der Waals surface area contributed by atoms with Crippen LogP contribution in [0.5, 0.6) is 0 Å². The lowest BCUT2D eigenvalue weighted by Gasteiger charge is -2.31. The number of nitrogens with one attached hydrogen (secondary N) is 2. The third kappa shape index (κ3) is 1.98. The molecule has 1 aromatic carbocycles. The second-order valence-electron chi connectivity index (χ2n) is 4.74. The van der Waals surface area contributed by atoms with Gasteiger partial charge in [0.1, 0.15) is 0 Å². The van der Waals surface area contributed by atoms with Gasteiger partial charge in [0.2, 0.25) is 0 Å². The summed E-state index contributed by atoms with van der Waals surface area (Å²) in [6.07, 6.45) is 3.00. The van der Waals surface area contributed by atoms with Crippen LogP contribution in [0.4, 0.5) is 0 Å². The van der Waals surface area contributed by atoms with E-state index in [1.807, 2.05) is 6.07 Å². The maximum Gasteiger partial charge on any atom is 0.0518 e. The van der Waals surface area contributed by atoms with Crippen molar-refractivity contribution >= 4 is 0 Å². The molecule has 88 valence electrons. The molecule has 2 unspecified atom stereocenters. The molecule has 2 atom stereocenters. The maximum atomic E-state index is 3.98. The van der Waals surface area contributed by atoms with Crippen LogP contribution >= 0.6 is 0 Å². The van der Waals surface area contributed by atoms with Crippen molar-refractivity contribution in [2.45, 2.75) is 25.3 Å². The van der Waals surface area contributed by atoms with Crippen LogP contribution in [0.15, 0.2) is 36.5 Å². The summed E-state index contributed by atoms with van der Waals surface area (Å²) in [5, 5.41) is 10.5. The molecule has 0 fully saturated rings. The van der Waals surface area contributed by atoms with Crippen molar-refractivity contribution < 1.29 is 0 Å². The standard InChI is InChI=1S/C14H17N3/c1-10(14-6-7-16-17-14)15-9-12-8-11-4-2-3-5-13(11)12/h2-7,10,12,15H,8-9H2,1H3,(H,16,17). The van der Waals surface area contributed by atoms with Crippen LogP contribution in [0.25, 0.3) is 0 Å². The zero-order valence-corrected chi connectivity index (χ0v) is 9.98. The summed E-state index contributed by atoms with van der Waals surface area (Å²) in [7, 11) is 0. The van der Waals surface area contributed by atoms with Crippen molar-refractivity contribution in [3.8, 4) is 0 Å². The molecule has 17 heavy (non-hydrogen) atoms. The predicted molar refractivity (Wildman–Crippen MR) is 67.9 cm³/mol. The molecule has 0 saturated carbocycles. The van der Waals surface area contributed by atoms with Crippen LogP contribution < -0.4 is 5.32 Å². The van der Waals surface area contributed by atoms with Crippen LogP contribution in [-0.4, -0.2) is 16.7 Å². The Morgan fingerprint density at radius 3 is 3.06 bits per heavy atom. The average Bonchev–Trinajstić information content (AvgIpc) is 2.83. The summed E-state index contributed by atoms with van der Waals surface area (Å²) in [6, 6.07) is 11.1. The SMILES string of the molecule is CC(NCC1Cc2ccccc21)c1ccn[nH]1. The normalized spacial score (nSPS) is 19.5. The zero-order chi connectivity index (χ0) is 11.7. The van der Waals surface area contributed by atoms with Gasteiger partial charge in [0.15, 0.2) is 0 Å². The van der Waals surface area contributed by atoms with Crippen molar-refractivity contribution in [2.75, 3.05) is 6.54 Å². The minimum Gasteiger partial charge on any atom is -0.308 e. The second kappa shape index (κ2) is 4.34. The number of nitrogens with zero attached hydrogens (tertiary/aromatic N) is 1. The van der Waals surface area contributed by atoms with Gasteiger partial charge >= 0.3 is 0 Å². The molecule has 0 aliphatic heterocycles. The Bertz CT molecular complexity index is 490. The first kappa shape index (κ1) is 10.5. The highest BCUT2D eigenvalue weighted by Gasteiger charge is 2.25. The van der Waals surface area contributed by atoms with Crippen molar-refractivity contribution in [1.82, 2.24) is 15.5 Å². The molecule has 0 amide bonds. The second-order valence-corrected chi connectivity index (χ2v) is 4.74. The van der Waals surface area contributed by atoms with E-state index in [1.54, 1.807) is 6.20 Å². The smallest absolute Gasteiger partial charge is 0.0518 e. The highest BCUT2D eigenvalue weighted by Crippen LogP contribution is 2.34. The van der Waals surface area contributed by atoms with E-state index in [2.05, 4.69) is 46.7 Å². The minimum absolute atomic E-state index is 0.338. The van der Waals surface area contributed by atoms with Crippen LogP contribution in [0.2, 0.25) is 0 Å². The molecular weight excluding hydrogens is 210 g/mol. The monoisotopic (exact) mass is 227 g/mol. The molecule has 0 spiro atoms. The fourth-order valence-corrected chi connectivity index (χ4v) is 2.48. The Morgan fingerprint density at radius 2 is 2.29 bits per heavy atom. The highest BCUT2D eigenvalue weighted by molar-refractivity contribution is 5.40. The number of aromatic nitrogens is 2. The van der Waals surface area contributed by atoms with Crippen molar-refractivity contribution in [3.05, 3.63) is 53.3 Å². The molecule has 3 heteroatoms. The highest BCUT2D eigenvalue weighted by atomic mass is 15.1. The Hall–Kier alpha value is -1.61. The molecule has 1 aromatic heterocycles. The van der Waals surface area contributed by atoms with Gasteiger partial charge in [-0.15, -0.1) is 0 Å². The molecular formula is C14H17N3. The topological polar surface area (TPSA) is 40.7 Å². The number of rotatable bonds is 4. The van der Waals surface area contributed by atoms with Crippen molar-refractivity contribution in [3.63, 3.8) is 0 Å². The Balaban J connectivity index is 1.57. The lowest BCUT2D eigenvalue weighted by Crippen LogP contribution is -2.30. The quantitative estimate of drug-likeness (QED) is 0.842. The number of hydrogen-bond donors (Lipinski definition) is 2. The molecule has 1 heterocycles. The van der Waals surface area contributed by atoms with Gasteiger partial charge in [-0.3, -0.25) is 5.10 Å². The predicted octanol–water partition coefficient (Wildman–Crippen LogP) is 2.40. The lowest BCUT2D eigenvalue weighted by molar-refractivity contribution is 0.483. The summed E-state index contributed by atoms with van der Waals surface area (Å²) < 4.78 is 0. The van der Waals surface area contributed by atoms with E-state index >= 15 is 0 Å². The first-order valence-corrected chi connectivity index (χ1v) is 6.15. The van der Waals surface area contributed by atoms with E-state index in [1.165, 1.54) is 17.5 Å². The zero-order valence-electron chi connectivity index (χ0n) is 9.98. The first-order chi connectivity index (χ1) is 8.34. The summed E-state index contributed by atoms with van der Waals surface area (Å²) in [5.41, 5.74) is 4.17. The third-order valence-electron chi connectivity index (χ3n) is 3.62. The van der Waals surface area contributed by atoms with E-state index in [-0.39, 0.29) is 0 Å². The van der Waals surface area contributed by atoms with Gasteiger partial charge < -0.3 is 5.32 Å². The summed E-state index contributed by atoms with van der Waals surface area (Å²) in [5.74, 6) is 0.677. The summed E-state index contributed by atoms with van der Waals surface area (Å²) in [6.45, 7) is 3.20. The van der Waals surface area contributed by atoms with Crippen LogP contribution in [-0.2, 0) is 6.42 Å². The Morgan fingerprint density at radius 1 is 1.41 bits per heavy atom. The van der Waals surface area contributed by atoms with Gasteiger partial charge in [-0.2, -0.15) is 5.10 Å². The Kier molecular flexibility index (Phi) is 2.69. The number of benzene rings is 1. The van der Waals surface area contributed by atoms with Gasteiger partial charge in [-0.25, -0.2) is 0 Å². The molecule has 3 nitrogen and oxygen atoms in total. The molecule has 1 aliphatic carbocycles. The summed E-state index contributed by atoms with van der Waals surface area (Å²) >= 11 is 0. The number of aromatic amines is 1. The first-order valence-electron chi connectivity index (χ1n) is 6.15. The molecule has 0 saturated heterocycles. The van der Waals surface area contributed by atoms with Crippen molar-refractivity contribution in [2.24, 2.45) is 0 Å². The van der Waals surface area contributed by atoms with Crippen molar-refractivity contribution in [1.29, 1.82) is 0 Å². The van der Waals surface area contributed by atoms with E-state index in [4.69, 9.17) is 0 Å². The fraction of sp³-hybridized carbons (Fsp3) is 0.357. The van der Waals surface area contributed by atoms with E-state index in [0.29, 0.717) is 12.0 Å².